The molecule has 0 aromatic heterocycles. The molecule has 0 radical (unpaired) electrons. The van der Waals surface area contributed by atoms with Crippen LogP contribution < -0.4 is 14.4 Å². The van der Waals surface area contributed by atoms with Gasteiger partial charge in [0.25, 0.3) is 5.91 Å². The molecular formula is C39H54ClN3O7S. The summed E-state index contributed by atoms with van der Waals surface area (Å²) < 4.78 is 54.0. The largest absolute Gasteiger partial charge is 0.487 e. The summed E-state index contributed by atoms with van der Waals surface area (Å²) in [6.45, 7) is 8.88. The van der Waals surface area contributed by atoms with Crippen LogP contribution in [-0.4, -0.2) is 96.3 Å². The lowest BCUT2D eigenvalue weighted by Gasteiger charge is -2.51. The van der Waals surface area contributed by atoms with E-state index in [4.69, 9.17) is 30.5 Å². The number of amides is 1. The molecule has 4 aliphatic rings. The Hall–Kier alpha value is -2.67. The second-order valence-corrected chi connectivity index (χ2v) is 17.3. The van der Waals surface area contributed by atoms with Crippen LogP contribution in [0, 0.1) is 17.8 Å². The molecule has 6 rings (SSSR count). The molecule has 280 valence electrons. The molecule has 1 N–H and O–H groups in total. The van der Waals surface area contributed by atoms with Gasteiger partial charge in [-0.05, 0) is 105 Å². The van der Waals surface area contributed by atoms with Gasteiger partial charge in [0, 0.05) is 57.5 Å². The van der Waals surface area contributed by atoms with Crippen molar-refractivity contribution in [1.82, 2.24) is 9.62 Å². The summed E-state index contributed by atoms with van der Waals surface area (Å²) >= 11 is 6.39. The number of nitrogens with one attached hydrogen (secondary N) is 1. The van der Waals surface area contributed by atoms with Crippen LogP contribution >= 0.6 is 11.6 Å². The Bertz CT molecular complexity index is 1670. The number of hydrogen-bond donors (Lipinski definition) is 1. The predicted molar refractivity (Wildman–Crippen MR) is 200 cm³/mol. The number of sulfonamides is 1. The number of halogens is 1. The van der Waals surface area contributed by atoms with E-state index in [1.807, 2.05) is 44.4 Å². The van der Waals surface area contributed by atoms with Crippen LogP contribution in [0.15, 0.2) is 48.6 Å². The summed E-state index contributed by atoms with van der Waals surface area (Å²) in [6, 6.07) is 11.2. The van der Waals surface area contributed by atoms with E-state index in [9.17, 15) is 13.2 Å². The van der Waals surface area contributed by atoms with E-state index in [2.05, 4.69) is 26.7 Å². The number of carbonyl (C=O) groups excluding carboxylic acids is 1. The number of nitrogens with zero attached hydrogens (tertiary/aromatic N) is 2. The standard InChI is InChI=1S/C39H54ClN3O7S/c1-27-8-7-16-39(48-4,26-42-18-19-49-34(23-42)25-47-3)35-14-11-31(35)22-43-17-6-5-9-29-20-33(40)13-10-32(29)24-50-37-15-12-30(21-36(37)43)38(44)41-51(45,46)28(27)2/h7,10,12-13,15-16,20-21,27-28,31,34-35H,5-6,8-9,11,14,17-19,22-26H2,1-4H3,(H,41,44)/b16-7+/t27-,28+,31-,34+,35+,39+/m0/s1. The monoisotopic (exact) mass is 743 g/mol. The van der Waals surface area contributed by atoms with Gasteiger partial charge in [-0.3, -0.25) is 9.69 Å². The van der Waals surface area contributed by atoms with Gasteiger partial charge in [-0.1, -0.05) is 36.7 Å². The Kier molecular flexibility index (Phi) is 12.4. The minimum absolute atomic E-state index is 0.00250. The van der Waals surface area contributed by atoms with E-state index in [1.165, 1.54) is 5.56 Å². The lowest BCUT2D eigenvalue weighted by Crippen LogP contribution is -2.58. The molecule has 51 heavy (non-hydrogen) atoms. The molecule has 1 aliphatic carbocycles. The smallest absolute Gasteiger partial charge is 0.264 e. The van der Waals surface area contributed by atoms with Gasteiger partial charge in [0.2, 0.25) is 10.0 Å². The van der Waals surface area contributed by atoms with Gasteiger partial charge in [-0.2, -0.15) is 0 Å². The molecule has 12 heteroatoms. The van der Waals surface area contributed by atoms with Crippen LogP contribution in [0.4, 0.5) is 5.69 Å². The van der Waals surface area contributed by atoms with Crippen LogP contribution in [-0.2, 0) is 37.3 Å². The molecule has 2 fully saturated rings. The van der Waals surface area contributed by atoms with Crippen molar-refractivity contribution in [1.29, 1.82) is 0 Å². The third kappa shape index (κ3) is 8.77. The van der Waals surface area contributed by atoms with E-state index < -0.39 is 26.8 Å². The first-order valence-corrected chi connectivity index (χ1v) is 20.3. The van der Waals surface area contributed by atoms with Crippen molar-refractivity contribution in [2.45, 2.75) is 75.9 Å². The molecule has 2 aromatic carbocycles. The fraction of sp³-hybridized carbons (Fsp3) is 0.615. The van der Waals surface area contributed by atoms with Crippen molar-refractivity contribution in [3.63, 3.8) is 0 Å². The summed E-state index contributed by atoms with van der Waals surface area (Å²) in [7, 11) is -0.456. The SMILES string of the molecule is COC[C@H]1CN(C[C@]2(OC)/C=C/C[C@H](C)[C@@H](C)S(=O)(=O)NC(=O)c3ccc4c(c3)N(CCCCc3cc(Cl)ccc3CO4)C[C@@H]3CC[C@H]32)CCO1. The van der Waals surface area contributed by atoms with Crippen LogP contribution in [0.1, 0.15) is 67.4 Å². The topological polar surface area (TPSA) is 107 Å². The molecule has 10 nitrogen and oxygen atoms in total. The van der Waals surface area contributed by atoms with E-state index >= 15 is 0 Å². The van der Waals surface area contributed by atoms with E-state index in [0.717, 1.165) is 69.5 Å². The fourth-order valence-electron chi connectivity index (χ4n) is 8.19. The molecule has 2 aromatic rings. The lowest BCUT2D eigenvalue weighted by molar-refractivity contribution is -0.117. The van der Waals surface area contributed by atoms with Crippen LogP contribution in [0.25, 0.3) is 0 Å². The maximum absolute atomic E-state index is 13.6. The Labute approximate surface area is 308 Å². The molecule has 0 spiro atoms. The first kappa shape index (κ1) is 38.1. The first-order chi connectivity index (χ1) is 24.5. The van der Waals surface area contributed by atoms with Crippen molar-refractivity contribution in [2.24, 2.45) is 17.8 Å². The van der Waals surface area contributed by atoms with Gasteiger partial charge >= 0.3 is 0 Å². The number of methoxy groups -OCH3 is 2. The van der Waals surface area contributed by atoms with Gasteiger partial charge < -0.3 is 23.8 Å². The minimum Gasteiger partial charge on any atom is -0.487 e. The van der Waals surface area contributed by atoms with Crippen LogP contribution in [0.2, 0.25) is 5.02 Å². The zero-order valence-electron chi connectivity index (χ0n) is 30.4. The van der Waals surface area contributed by atoms with E-state index in [1.54, 1.807) is 20.1 Å². The molecule has 1 amide bonds. The number of rotatable bonds is 5. The highest BCUT2D eigenvalue weighted by Crippen LogP contribution is 2.47. The van der Waals surface area contributed by atoms with Crippen LogP contribution in [0.5, 0.6) is 5.75 Å². The first-order valence-electron chi connectivity index (χ1n) is 18.4. The summed E-state index contributed by atoms with van der Waals surface area (Å²) in [4.78, 5) is 18.4. The van der Waals surface area contributed by atoms with Crippen molar-refractivity contribution in [2.75, 3.05) is 65.1 Å². The van der Waals surface area contributed by atoms with E-state index in [0.29, 0.717) is 49.5 Å². The van der Waals surface area contributed by atoms with Crippen LogP contribution in [0.3, 0.4) is 0 Å². The molecule has 2 bridgehead atoms. The highest BCUT2D eigenvalue weighted by atomic mass is 35.5. The quantitative estimate of drug-likeness (QED) is 0.377. The Morgan fingerprint density at radius 2 is 1.88 bits per heavy atom. The average Bonchev–Trinajstić information content (AvgIpc) is 3.12. The third-order valence-corrected chi connectivity index (χ3v) is 13.7. The maximum Gasteiger partial charge on any atom is 0.264 e. The molecule has 1 saturated carbocycles. The maximum atomic E-state index is 13.6. The third-order valence-electron chi connectivity index (χ3n) is 11.6. The zero-order valence-corrected chi connectivity index (χ0v) is 32.0. The van der Waals surface area contributed by atoms with Gasteiger partial charge in [-0.25, -0.2) is 13.1 Å². The summed E-state index contributed by atoms with van der Waals surface area (Å²) in [5.41, 5.74) is 2.76. The second-order valence-electron chi connectivity index (χ2n) is 14.9. The van der Waals surface area contributed by atoms with Gasteiger partial charge in [0.05, 0.1) is 30.3 Å². The summed E-state index contributed by atoms with van der Waals surface area (Å²) in [5.74, 6) is 0.334. The molecule has 6 atom stereocenters. The highest BCUT2D eigenvalue weighted by Gasteiger charge is 2.48. The average molecular weight is 744 g/mol. The molecule has 3 heterocycles. The number of ether oxygens (including phenoxy) is 4. The normalized spacial score (nSPS) is 31.1. The predicted octanol–water partition coefficient (Wildman–Crippen LogP) is 5.86. The van der Waals surface area contributed by atoms with Crippen molar-refractivity contribution in [3.8, 4) is 5.75 Å². The Morgan fingerprint density at radius 3 is 2.65 bits per heavy atom. The van der Waals surface area contributed by atoms with Gasteiger partial charge in [-0.15, -0.1) is 0 Å². The zero-order chi connectivity index (χ0) is 36.2. The molecular weight excluding hydrogens is 690 g/mol. The van der Waals surface area contributed by atoms with Gasteiger partial charge in [0.1, 0.15) is 18.0 Å². The summed E-state index contributed by atoms with van der Waals surface area (Å²) in [5, 5.41) is -0.0860. The number of anilines is 1. The Balaban J connectivity index is 1.39. The molecule has 3 aliphatic heterocycles. The summed E-state index contributed by atoms with van der Waals surface area (Å²) in [6.07, 6.45) is 9.68. The number of aryl methyl sites for hydroxylation is 1. The second kappa shape index (κ2) is 16.6. The number of allylic oxidation sites excluding steroid dienone is 1. The number of morpholine rings is 1. The van der Waals surface area contributed by atoms with Crippen molar-refractivity contribution in [3.05, 3.63) is 70.3 Å². The number of fused-ring (bicyclic) bond motifs is 3. The van der Waals surface area contributed by atoms with Gasteiger partial charge in [0.15, 0.2) is 0 Å². The highest BCUT2D eigenvalue weighted by molar-refractivity contribution is 7.90. The van der Waals surface area contributed by atoms with E-state index in [-0.39, 0.29) is 23.5 Å². The molecule has 1 saturated heterocycles. The van der Waals surface area contributed by atoms with Crippen molar-refractivity contribution < 1.29 is 32.2 Å². The fourth-order valence-corrected chi connectivity index (χ4v) is 9.67. The Morgan fingerprint density at radius 1 is 1.04 bits per heavy atom. The lowest BCUT2D eigenvalue weighted by atomic mass is 9.63. The number of hydrogen-bond acceptors (Lipinski definition) is 9. The molecule has 0 unspecified atom stereocenters. The number of carbonyl (C=O) groups is 1. The van der Waals surface area contributed by atoms with Crippen molar-refractivity contribution >= 4 is 33.2 Å². The number of benzene rings is 2. The minimum atomic E-state index is -3.97.